The molecular weight excluding hydrogens is 423 g/mol. The van der Waals surface area contributed by atoms with Gasteiger partial charge in [0.05, 0.1) is 0 Å². The zero-order valence-electron chi connectivity index (χ0n) is 15.1. The normalized spacial score (nSPS) is 13.1. The minimum Gasteiger partial charge on any atom is -0.407 e. The van der Waals surface area contributed by atoms with E-state index in [0.29, 0.717) is 0 Å². The van der Waals surface area contributed by atoms with Crippen molar-refractivity contribution in [3.63, 3.8) is 0 Å². The molecule has 24 heavy (non-hydrogen) atoms. The van der Waals surface area contributed by atoms with Crippen LogP contribution in [0, 0.1) is 0 Å². The molecule has 0 saturated carbocycles. The summed E-state index contributed by atoms with van der Waals surface area (Å²) in [7, 11) is -2.36. The molecule has 0 aromatic heterocycles. The molecule has 0 amide bonds. The minimum absolute atomic E-state index is 0.0532. The largest absolute Gasteiger partial charge is 0.407 e. The maximum Gasteiger partial charge on any atom is 0.261 e. The number of hydrogen-bond acceptors (Lipinski definition) is 1. The quantitative estimate of drug-likeness (QED) is 0.429. The highest BCUT2D eigenvalue weighted by molar-refractivity contribution is 14.1. The van der Waals surface area contributed by atoms with Crippen LogP contribution in [0.25, 0.3) is 0 Å². The Bertz CT molecular complexity index is 620. The lowest BCUT2D eigenvalue weighted by atomic mass is 10.2. The van der Waals surface area contributed by atoms with Gasteiger partial charge in [-0.2, -0.15) is 0 Å². The van der Waals surface area contributed by atoms with Gasteiger partial charge < -0.3 is 4.43 Å². The summed E-state index contributed by atoms with van der Waals surface area (Å²) in [6, 6.07) is 21.7. The average Bonchev–Trinajstić information content (AvgIpc) is 2.59. The lowest BCUT2D eigenvalue weighted by Gasteiger charge is -2.43. The summed E-state index contributed by atoms with van der Waals surface area (Å²) < 4.78 is 8.98. The second-order valence-electron chi connectivity index (χ2n) is 7.22. The van der Waals surface area contributed by atoms with Gasteiger partial charge in [-0.25, -0.2) is 0 Å². The molecule has 0 fully saturated rings. The highest BCUT2D eigenvalue weighted by Gasteiger charge is 2.49. The zero-order chi connectivity index (χ0) is 17.6. The molecule has 0 spiro atoms. The number of rotatable bonds is 6. The standard InChI is InChI=1S/C21H27IOSi/c1-18(17-22)15-16-23-24(21(2,3)4,19-11-7-5-8-12-19)20-13-9-6-10-14-20/h5-14,17H,15-16H2,1-4H3/b18-17+. The number of benzene rings is 2. The maximum absolute atomic E-state index is 6.83. The van der Waals surface area contributed by atoms with E-state index < -0.39 is 8.32 Å². The summed E-state index contributed by atoms with van der Waals surface area (Å²) in [4.78, 5) is 0. The molecule has 1 nitrogen and oxygen atoms in total. The number of hydrogen-bond donors (Lipinski definition) is 0. The highest BCUT2D eigenvalue weighted by Crippen LogP contribution is 2.36. The molecule has 0 atom stereocenters. The topological polar surface area (TPSA) is 9.23 Å². The lowest BCUT2D eigenvalue weighted by molar-refractivity contribution is 0.301. The first-order chi connectivity index (χ1) is 11.4. The summed E-state index contributed by atoms with van der Waals surface area (Å²) in [5, 5.41) is 2.75. The average molecular weight is 450 g/mol. The van der Waals surface area contributed by atoms with E-state index in [2.05, 4.69) is 115 Å². The van der Waals surface area contributed by atoms with Gasteiger partial charge in [-0.1, -0.05) is 110 Å². The molecule has 0 aliphatic heterocycles. The van der Waals surface area contributed by atoms with Crippen LogP contribution in [0.15, 0.2) is 70.3 Å². The van der Waals surface area contributed by atoms with Gasteiger partial charge in [0.2, 0.25) is 0 Å². The molecule has 2 rings (SSSR count). The molecular formula is C21H27IOSi. The first kappa shape index (κ1) is 19.4. The first-order valence-electron chi connectivity index (χ1n) is 8.42. The fraction of sp³-hybridized carbons (Fsp3) is 0.333. The third-order valence-corrected chi connectivity index (χ3v) is 10.5. The molecule has 0 heterocycles. The van der Waals surface area contributed by atoms with Crippen molar-refractivity contribution < 1.29 is 4.43 Å². The molecule has 0 saturated heterocycles. The van der Waals surface area contributed by atoms with Crippen molar-refractivity contribution in [1.82, 2.24) is 0 Å². The van der Waals surface area contributed by atoms with Crippen molar-refractivity contribution >= 4 is 41.3 Å². The molecule has 2 aromatic rings. The second-order valence-corrected chi connectivity index (χ2v) is 12.1. The van der Waals surface area contributed by atoms with Crippen molar-refractivity contribution in [1.29, 1.82) is 0 Å². The lowest BCUT2D eigenvalue weighted by Crippen LogP contribution is -2.66. The van der Waals surface area contributed by atoms with Gasteiger partial charge in [0, 0.05) is 6.61 Å². The first-order valence-corrected chi connectivity index (χ1v) is 11.6. The Morgan fingerprint density at radius 1 is 0.958 bits per heavy atom. The molecule has 0 bridgehead atoms. The predicted octanol–water partition coefficient (Wildman–Crippen LogP) is 5.29. The molecule has 3 heteroatoms. The van der Waals surface area contributed by atoms with E-state index >= 15 is 0 Å². The van der Waals surface area contributed by atoms with Gasteiger partial charge in [0.15, 0.2) is 0 Å². The van der Waals surface area contributed by atoms with Crippen LogP contribution >= 0.6 is 22.6 Å². The third-order valence-electron chi connectivity index (χ3n) is 4.42. The van der Waals surface area contributed by atoms with Gasteiger partial charge in [-0.15, -0.1) is 0 Å². The van der Waals surface area contributed by atoms with E-state index in [9.17, 15) is 0 Å². The van der Waals surface area contributed by atoms with Crippen LogP contribution in [0.4, 0.5) is 0 Å². The monoisotopic (exact) mass is 450 g/mol. The fourth-order valence-electron chi connectivity index (χ4n) is 3.18. The summed E-state index contributed by atoms with van der Waals surface area (Å²) >= 11 is 2.31. The number of halogens is 1. The van der Waals surface area contributed by atoms with E-state index in [4.69, 9.17) is 4.43 Å². The van der Waals surface area contributed by atoms with E-state index in [-0.39, 0.29) is 5.04 Å². The molecule has 0 N–H and O–H groups in total. The van der Waals surface area contributed by atoms with Crippen LogP contribution in [0.2, 0.25) is 5.04 Å². The summed E-state index contributed by atoms with van der Waals surface area (Å²) in [5.41, 5.74) is 1.37. The van der Waals surface area contributed by atoms with Crippen LogP contribution < -0.4 is 10.4 Å². The SMILES string of the molecule is C/C(=C\I)CCO[Si](c1ccccc1)(c1ccccc1)C(C)(C)C. The Morgan fingerprint density at radius 2 is 1.42 bits per heavy atom. The second kappa shape index (κ2) is 8.45. The Kier molecular flexibility index (Phi) is 6.84. The molecule has 0 radical (unpaired) electrons. The van der Waals surface area contributed by atoms with Crippen molar-refractivity contribution in [2.75, 3.05) is 6.61 Å². The molecule has 0 unspecified atom stereocenters. The van der Waals surface area contributed by atoms with Crippen molar-refractivity contribution in [3.05, 3.63) is 70.3 Å². The molecule has 128 valence electrons. The van der Waals surface area contributed by atoms with Crippen molar-refractivity contribution in [2.45, 2.75) is 39.2 Å². The van der Waals surface area contributed by atoms with Crippen LogP contribution in [0.5, 0.6) is 0 Å². The van der Waals surface area contributed by atoms with E-state index in [0.717, 1.165) is 13.0 Å². The highest BCUT2D eigenvalue weighted by atomic mass is 127. The van der Waals surface area contributed by atoms with E-state index in [1.165, 1.54) is 15.9 Å². The van der Waals surface area contributed by atoms with Gasteiger partial charge >= 0.3 is 0 Å². The summed E-state index contributed by atoms with van der Waals surface area (Å²) in [5.74, 6) is 0. The Labute approximate surface area is 161 Å². The minimum atomic E-state index is -2.36. The predicted molar refractivity (Wildman–Crippen MR) is 116 cm³/mol. The maximum atomic E-state index is 6.83. The smallest absolute Gasteiger partial charge is 0.261 e. The Morgan fingerprint density at radius 3 is 1.79 bits per heavy atom. The molecule has 0 aliphatic carbocycles. The van der Waals surface area contributed by atoms with Crippen LogP contribution in [-0.4, -0.2) is 14.9 Å². The van der Waals surface area contributed by atoms with Gasteiger partial charge in [0.25, 0.3) is 8.32 Å². The molecule has 2 aromatic carbocycles. The van der Waals surface area contributed by atoms with E-state index in [1.54, 1.807) is 0 Å². The van der Waals surface area contributed by atoms with Gasteiger partial charge in [0.1, 0.15) is 0 Å². The molecule has 0 aliphatic rings. The summed E-state index contributed by atoms with van der Waals surface area (Å²) in [6.45, 7) is 9.89. The van der Waals surface area contributed by atoms with Gasteiger partial charge in [-0.3, -0.25) is 0 Å². The van der Waals surface area contributed by atoms with Crippen molar-refractivity contribution in [2.24, 2.45) is 0 Å². The zero-order valence-corrected chi connectivity index (χ0v) is 18.2. The van der Waals surface area contributed by atoms with Crippen LogP contribution in [0.1, 0.15) is 34.1 Å². The van der Waals surface area contributed by atoms with E-state index in [1.807, 2.05) is 0 Å². The van der Waals surface area contributed by atoms with Gasteiger partial charge in [-0.05, 0) is 32.8 Å². The summed E-state index contributed by atoms with van der Waals surface area (Å²) in [6.07, 6.45) is 0.980. The Balaban J connectivity index is 2.53. The van der Waals surface area contributed by atoms with Crippen LogP contribution in [-0.2, 0) is 4.43 Å². The van der Waals surface area contributed by atoms with Crippen molar-refractivity contribution in [3.8, 4) is 0 Å². The Hall–Kier alpha value is -0.913. The van der Waals surface area contributed by atoms with Crippen LogP contribution in [0.3, 0.4) is 0 Å². The fourth-order valence-corrected chi connectivity index (χ4v) is 8.06. The third kappa shape index (κ3) is 4.19.